The van der Waals surface area contributed by atoms with Crippen LogP contribution in [0.2, 0.25) is 0 Å². The molecule has 1 saturated carbocycles. The first-order valence-electron chi connectivity index (χ1n) is 13.4. The molecule has 0 aromatic heterocycles. The van der Waals surface area contributed by atoms with E-state index in [1.807, 2.05) is 12.1 Å². The molecule has 2 aromatic carbocycles. The van der Waals surface area contributed by atoms with Crippen LogP contribution in [0.15, 0.2) is 42.5 Å². The van der Waals surface area contributed by atoms with Crippen molar-refractivity contribution in [3.8, 4) is 5.75 Å². The summed E-state index contributed by atoms with van der Waals surface area (Å²) < 4.78 is 18.3. The van der Waals surface area contributed by atoms with Crippen LogP contribution in [0.1, 0.15) is 112 Å². The van der Waals surface area contributed by atoms with Gasteiger partial charge in [0.1, 0.15) is 5.75 Å². The summed E-state index contributed by atoms with van der Waals surface area (Å²) in [4.78, 5) is 0. The van der Waals surface area contributed by atoms with Gasteiger partial charge in [0.2, 0.25) is 0 Å². The third kappa shape index (κ3) is 6.61. The molecule has 180 valence electrons. The Balaban J connectivity index is 1.41. The van der Waals surface area contributed by atoms with E-state index < -0.39 is 0 Å². The van der Waals surface area contributed by atoms with Crippen molar-refractivity contribution < 1.29 is 14.2 Å². The second kappa shape index (κ2) is 12.6. The molecule has 0 atom stereocenters. The molecule has 0 N–H and O–H groups in total. The number of unbranched alkanes of at least 4 members (excludes halogenated alkanes) is 2. The molecule has 1 aliphatic heterocycles. The first-order valence-corrected chi connectivity index (χ1v) is 13.4. The number of ether oxygens (including phenoxy) is 3. The average molecular weight is 451 g/mol. The summed E-state index contributed by atoms with van der Waals surface area (Å²) in [5.74, 6) is 1.93. The van der Waals surface area contributed by atoms with Gasteiger partial charge in [-0.25, -0.2) is 0 Å². The average Bonchev–Trinajstić information content (AvgIpc) is 2.88. The van der Waals surface area contributed by atoms with Crippen molar-refractivity contribution in [1.29, 1.82) is 0 Å². The molecule has 0 amide bonds. The van der Waals surface area contributed by atoms with Crippen molar-refractivity contribution >= 4 is 0 Å². The first kappa shape index (κ1) is 24.3. The highest BCUT2D eigenvalue weighted by Crippen LogP contribution is 2.39. The lowest BCUT2D eigenvalue weighted by atomic mass is 9.78. The fraction of sp³-hybridized carbons (Fsp3) is 0.600. The summed E-state index contributed by atoms with van der Waals surface area (Å²) in [7, 11) is 0. The molecular formula is C30H42O3. The number of benzene rings is 2. The summed E-state index contributed by atoms with van der Waals surface area (Å²) in [6.07, 6.45) is 12.4. The van der Waals surface area contributed by atoms with Crippen molar-refractivity contribution in [1.82, 2.24) is 0 Å². The highest BCUT2D eigenvalue weighted by atomic mass is 16.7. The zero-order chi connectivity index (χ0) is 22.9. The van der Waals surface area contributed by atoms with Gasteiger partial charge in [0.05, 0.1) is 19.8 Å². The minimum absolute atomic E-state index is 0.284. The Hall–Kier alpha value is -1.84. The standard InChI is InChI=1S/C30H42O3/c1-3-5-10-23-13-18-28(29(20-23)24-11-8-7-9-12-24)26-21-32-30(33-22-26)25-14-16-27(17-15-25)31-19-6-4-2/h13-18,20,24,26,30H,3-12,19,21-22H2,1-2H3/t26-,30-. The molecule has 1 saturated heterocycles. The highest BCUT2D eigenvalue weighted by Gasteiger charge is 2.28. The third-order valence-corrected chi connectivity index (χ3v) is 7.27. The van der Waals surface area contributed by atoms with Crippen LogP contribution in [0.4, 0.5) is 0 Å². The van der Waals surface area contributed by atoms with Crippen LogP contribution >= 0.6 is 0 Å². The Kier molecular flexibility index (Phi) is 9.26. The zero-order valence-corrected chi connectivity index (χ0v) is 20.7. The van der Waals surface area contributed by atoms with E-state index in [1.54, 1.807) is 5.56 Å². The van der Waals surface area contributed by atoms with Crippen LogP contribution in [0, 0.1) is 0 Å². The second-order valence-corrected chi connectivity index (χ2v) is 9.87. The molecule has 2 fully saturated rings. The SMILES string of the molecule is CCCCOc1ccc([C@H]2OC[C@H](c3ccc(CCCC)cc3C3CCCCC3)CO2)cc1. The number of hydrogen-bond acceptors (Lipinski definition) is 3. The van der Waals surface area contributed by atoms with Crippen molar-refractivity contribution in [3.63, 3.8) is 0 Å². The minimum Gasteiger partial charge on any atom is -0.494 e. The maximum absolute atomic E-state index is 6.24. The smallest absolute Gasteiger partial charge is 0.183 e. The van der Waals surface area contributed by atoms with E-state index in [2.05, 4.69) is 44.2 Å². The van der Waals surface area contributed by atoms with Gasteiger partial charge in [0.25, 0.3) is 0 Å². The van der Waals surface area contributed by atoms with Crippen LogP contribution in [0.5, 0.6) is 5.75 Å². The molecule has 1 aliphatic carbocycles. The molecule has 2 aromatic rings. The van der Waals surface area contributed by atoms with Crippen LogP contribution in [-0.4, -0.2) is 19.8 Å². The lowest BCUT2D eigenvalue weighted by Gasteiger charge is -2.33. The van der Waals surface area contributed by atoms with E-state index in [1.165, 1.54) is 62.5 Å². The fourth-order valence-electron chi connectivity index (χ4n) is 5.23. The number of hydrogen-bond donors (Lipinski definition) is 0. The quantitative estimate of drug-likeness (QED) is 0.342. The fourth-order valence-corrected chi connectivity index (χ4v) is 5.23. The van der Waals surface area contributed by atoms with E-state index in [4.69, 9.17) is 14.2 Å². The summed E-state index contributed by atoms with van der Waals surface area (Å²) in [6, 6.07) is 15.4. The van der Waals surface area contributed by atoms with E-state index in [-0.39, 0.29) is 6.29 Å². The second-order valence-electron chi connectivity index (χ2n) is 9.87. The molecule has 4 rings (SSSR count). The van der Waals surface area contributed by atoms with Gasteiger partial charge in [-0.15, -0.1) is 0 Å². The summed E-state index contributed by atoms with van der Waals surface area (Å²) in [6.45, 7) is 6.66. The Morgan fingerprint density at radius 1 is 0.788 bits per heavy atom. The Labute approximate surface area is 200 Å². The zero-order valence-electron chi connectivity index (χ0n) is 20.7. The normalized spacial score (nSPS) is 21.8. The molecule has 0 radical (unpaired) electrons. The van der Waals surface area contributed by atoms with Gasteiger partial charge in [0, 0.05) is 11.5 Å². The molecule has 2 aliphatic rings. The number of rotatable bonds is 10. The Bertz CT molecular complexity index is 830. The van der Waals surface area contributed by atoms with E-state index in [9.17, 15) is 0 Å². The highest BCUT2D eigenvalue weighted by molar-refractivity contribution is 5.38. The maximum atomic E-state index is 6.24. The van der Waals surface area contributed by atoms with Gasteiger partial charge < -0.3 is 14.2 Å². The molecule has 3 nitrogen and oxygen atoms in total. The van der Waals surface area contributed by atoms with Gasteiger partial charge in [-0.2, -0.15) is 0 Å². The monoisotopic (exact) mass is 450 g/mol. The maximum Gasteiger partial charge on any atom is 0.183 e. The van der Waals surface area contributed by atoms with Crippen molar-refractivity contribution in [2.45, 2.75) is 96.2 Å². The van der Waals surface area contributed by atoms with Crippen LogP contribution in [0.25, 0.3) is 0 Å². The van der Waals surface area contributed by atoms with Gasteiger partial charge in [-0.1, -0.05) is 76.3 Å². The third-order valence-electron chi connectivity index (χ3n) is 7.27. The van der Waals surface area contributed by atoms with Crippen molar-refractivity contribution in [2.75, 3.05) is 19.8 Å². The van der Waals surface area contributed by atoms with E-state index in [0.29, 0.717) is 25.0 Å². The molecule has 0 unspecified atom stereocenters. The van der Waals surface area contributed by atoms with Crippen molar-refractivity contribution in [3.05, 3.63) is 64.7 Å². The molecular weight excluding hydrogens is 408 g/mol. The van der Waals surface area contributed by atoms with Gasteiger partial charge in [-0.05, 0) is 66.8 Å². The molecule has 1 heterocycles. The predicted octanol–water partition coefficient (Wildman–Crippen LogP) is 8.09. The molecule has 33 heavy (non-hydrogen) atoms. The summed E-state index contributed by atoms with van der Waals surface area (Å²) in [5.41, 5.74) is 5.60. The van der Waals surface area contributed by atoms with Crippen LogP contribution in [-0.2, 0) is 15.9 Å². The Morgan fingerprint density at radius 3 is 2.21 bits per heavy atom. The predicted molar refractivity (Wildman–Crippen MR) is 135 cm³/mol. The topological polar surface area (TPSA) is 27.7 Å². The summed E-state index contributed by atoms with van der Waals surface area (Å²) >= 11 is 0. The van der Waals surface area contributed by atoms with E-state index in [0.717, 1.165) is 30.8 Å². The summed E-state index contributed by atoms with van der Waals surface area (Å²) in [5, 5.41) is 0. The Morgan fingerprint density at radius 2 is 1.52 bits per heavy atom. The van der Waals surface area contributed by atoms with Crippen LogP contribution in [0.3, 0.4) is 0 Å². The number of aryl methyl sites for hydroxylation is 1. The van der Waals surface area contributed by atoms with E-state index >= 15 is 0 Å². The first-order chi connectivity index (χ1) is 16.3. The minimum atomic E-state index is -0.284. The van der Waals surface area contributed by atoms with Crippen molar-refractivity contribution in [2.24, 2.45) is 0 Å². The largest absolute Gasteiger partial charge is 0.494 e. The van der Waals surface area contributed by atoms with Gasteiger partial charge in [0.15, 0.2) is 6.29 Å². The lowest BCUT2D eigenvalue weighted by molar-refractivity contribution is -0.191. The van der Waals surface area contributed by atoms with Crippen LogP contribution < -0.4 is 4.74 Å². The molecule has 0 spiro atoms. The lowest BCUT2D eigenvalue weighted by Crippen LogP contribution is -2.27. The van der Waals surface area contributed by atoms with Gasteiger partial charge >= 0.3 is 0 Å². The van der Waals surface area contributed by atoms with Gasteiger partial charge in [-0.3, -0.25) is 0 Å². The molecule has 3 heteroatoms. The molecule has 0 bridgehead atoms.